The Morgan fingerprint density at radius 3 is 2.62 bits per heavy atom. The number of hydrogen-bond acceptors (Lipinski definition) is 6. The van der Waals surface area contributed by atoms with Crippen LogP contribution in [0.5, 0.6) is 5.75 Å². The molecule has 5 rings (SSSR count). The van der Waals surface area contributed by atoms with E-state index >= 15 is 0 Å². The number of carbonyl (C=O) groups is 1. The average molecular weight is 581 g/mol. The van der Waals surface area contributed by atoms with Gasteiger partial charge in [0.05, 0.1) is 41.5 Å². The molecule has 0 spiro atoms. The molecule has 1 N–H and O–H groups in total. The van der Waals surface area contributed by atoms with Gasteiger partial charge < -0.3 is 14.8 Å². The van der Waals surface area contributed by atoms with Crippen LogP contribution in [0.1, 0.15) is 13.3 Å². The molecule has 3 aromatic rings. The lowest BCUT2D eigenvalue weighted by Crippen LogP contribution is -2.53. The zero-order chi connectivity index (χ0) is 26.3. The number of nitrogens with zero attached hydrogens (tertiary/aromatic N) is 3. The molecular formula is C25H24BrF3N4O4. The van der Waals surface area contributed by atoms with Gasteiger partial charge in [-0.15, -0.1) is 13.2 Å². The standard InChI is InChI=1S/C25H24BrF3N4O4/c1-14(32-9-15-6-16(10-32)12-36-11-15)23(34)31-21-8-18(3-5-22(21)37-25(27,28)29)33-13-30-20-7-17(26)2-4-19(20)24(33)35/h2-5,7-8,13-16H,6,9-12H2,1H3,(H,31,34). The molecule has 3 unspecified atom stereocenters. The summed E-state index contributed by atoms with van der Waals surface area (Å²) in [5.74, 6) is -0.406. The highest BCUT2D eigenvalue weighted by Gasteiger charge is 2.36. The van der Waals surface area contributed by atoms with Crippen LogP contribution in [0.3, 0.4) is 0 Å². The van der Waals surface area contributed by atoms with E-state index in [9.17, 15) is 22.8 Å². The Morgan fingerprint density at radius 1 is 1.19 bits per heavy atom. The Labute approximate surface area is 218 Å². The first kappa shape index (κ1) is 25.7. The minimum Gasteiger partial charge on any atom is -0.404 e. The van der Waals surface area contributed by atoms with Crippen molar-refractivity contribution in [2.24, 2.45) is 11.8 Å². The number of aromatic nitrogens is 2. The lowest BCUT2D eigenvalue weighted by Gasteiger charge is -2.43. The molecule has 0 aliphatic carbocycles. The van der Waals surface area contributed by atoms with Gasteiger partial charge in [0.1, 0.15) is 6.33 Å². The number of rotatable bonds is 5. The van der Waals surface area contributed by atoms with Crippen molar-refractivity contribution >= 4 is 38.4 Å². The van der Waals surface area contributed by atoms with E-state index in [2.05, 4.69) is 31.0 Å². The first-order chi connectivity index (χ1) is 17.6. The number of carbonyl (C=O) groups excluding carboxylic acids is 1. The van der Waals surface area contributed by atoms with E-state index in [1.54, 1.807) is 25.1 Å². The van der Waals surface area contributed by atoms with Crippen molar-refractivity contribution in [3.63, 3.8) is 0 Å². The molecule has 1 amide bonds. The molecular weight excluding hydrogens is 557 g/mol. The third-order valence-corrected chi connectivity index (χ3v) is 7.23. The second-order valence-electron chi connectivity index (χ2n) is 9.43. The minimum absolute atomic E-state index is 0.199. The van der Waals surface area contributed by atoms with Crippen LogP contribution in [0.2, 0.25) is 0 Å². The first-order valence-corrected chi connectivity index (χ1v) is 12.6. The predicted octanol–water partition coefficient (Wildman–Crippen LogP) is 4.34. The summed E-state index contributed by atoms with van der Waals surface area (Å²) >= 11 is 3.33. The topological polar surface area (TPSA) is 85.7 Å². The number of nitrogens with one attached hydrogen (secondary N) is 1. The van der Waals surface area contributed by atoms with Crippen LogP contribution < -0.4 is 15.6 Å². The maximum atomic E-state index is 13.2. The highest BCUT2D eigenvalue weighted by molar-refractivity contribution is 9.10. The molecule has 37 heavy (non-hydrogen) atoms. The predicted molar refractivity (Wildman–Crippen MR) is 134 cm³/mol. The Hall–Kier alpha value is -2.96. The minimum atomic E-state index is -4.97. The van der Waals surface area contributed by atoms with Crippen LogP contribution in [-0.2, 0) is 9.53 Å². The smallest absolute Gasteiger partial charge is 0.404 e. The van der Waals surface area contributed by atoms with Crippen molar-refractivity contribution in [1.29, 1.82) is 0 Å². The molecule has 2 saturated heterocycles. The summed E-state index contributed by atoms with van der Waals surface area (Å²) in [5.41, 5.74) is 0.0841. The van der Waals surface area contributed by atoms with Gasteiger partial charge in [0.15, 0.2) is 5.75 Å². The molecule has 2 bridgehead atoms. The lowest BCUT2D eigenvalue weighted by atomic mass is 9.87. The zero-order valence-corrected chi connectivity index (χ0v) is 21.4. The number of anilines is 1. The monoisotopic (exact) mass is 580 g/mol. The van der Waals surface area contributed by atoms with Gasteiger partial charge in [0.25, 0.3) is 5.56 Å². The van der Waals surface area contributed by atoms with Gasteiger partial charge in [-0.05, 0) is 61.6 Å². The Bertz CT molecular complexity index is 1380. The maximum absolute atomic E-state index is 13.2. The Morgan fingerprint density at radius 2 is 1.92 bits per heavy atom. The number of ether oxygens (including phenoxy) is 2. The van der Waals surface area contributed by atoms with E-state index in [1.807, 2.05) is 4.90 Å². The molecule has 2 fully saturated rings. The molecule has 196 valence electrons. The van der Waals surface area contributed by atoms with Gasteiger partial charge in [-0.2, -0.15) is 0 Å². The van der Waals surface area contributed by atoms with Crippen LogP contribution in [-0.4, -0.2) is 59.1 Å². The third-order valence-electron chi connectivity index (χ3n) is 6.73. The van der Waals surface area contributed by atoms with Crippen LogP contribution in [0.25, 0.3) is 16.6 Å². The molecule has 3 heterocycles. The van der Waals surface area contributed by atoms with E-state index in [4.69, 9.17) is 4.74 Å². The fourth-order valence-corrected chi connectivity index (χ4v) is 5.33. The SMILES string of the molecule is CC(C(=O)Nc1cc(-n2cnc3cc(Br)ccc3c2=O)ccc1OC(F)(F)F)N1CC2COCC(C2)C1. The largest absolute Gasteiger partial charge is 0.573 e. The van der Waals surface area contributed by atoms with Crippen molar-refractivity contribution in [2.45, 2.75) is 25.7 Å². The number of amides is 1. The first-order valence-electron chi connectivity index (χ1n) is 11.8. The van der Waals surface area contributed by atoms with E-state index in [0.29, 0.717) is 49.0 Å². The lowest BCUT2D eigenvalue weighted by molar-refractivity contribution is -0.274. The van der Waals surface area contributed by atoms with E-state index in [0.717, 1.165) is 17.0 Å². The van der Waals surface area contributed by atoms with Crippen LogP contribution >= 0.6 is 15.9 Å². The Kier molecular flexibility index (Phi) is 6.99. The molecule has 12 heteroatoms. The van der Waals surface area contributed by atoms with Crippen LogP contribution in [0.15, 0.2) is 52.0 Å². The summed E-state index contributed by atoms with van der Waals surface area (Å²) in [5, 5.41) is 2.92. The number of benzene rings is 2. The van der Waals surface area contributed by atoms with Gasteiger partial charge in [-0.25, -0.2) is 4.98 Å². The summed E-state index contributed by atoms with van der Waals surface area (Å²) in [6.45, 7) is 4.34. The van der Waals surface area contributed by atoms with E-state index in [-0.39, 0.29) is 11.4 Å². The maximum Gasteiger partial charge on any atom is 0.573 e. The van der Waals surface area contributed by atoms with Crippen molar-refractivity contribution < 1.29 is 27.4 Å². The highest BCUT2D eigenvalue weighted by atomic mass is 79.9. The number of likely N-dealkylation sites (tertiary alicyclic amines) is 1. The molecule has 8 nitrogen and oxygen atoms in total. The summed E-state index contributed by atoms with van der Waals surface area (Å²) in [7, 11) is 0. The summed E-state index contributed by atoms with van der Waals surface area (Å²) < 4.78 is 51.1. The van der Waals surface area contributed by atoms with Gasteiger partial charge in [-0.3, -0.25) is 19.1 Å². The van der Waals surface area contributed by atoms with Crippen molar-refractivity contribution in [1.82, 2.24) is 14.5 Å². The summed E-state index contributed by atoms with van der Waals surface area (Å²) in [6, 6.07) is 8.06. The molecule has 0 radical (unpaired) electrons. The van der Waals surface area contributed by atoms with Crippen LogP contribution in [0, 0.1) is 11.8 Å². The van der Waals surface area contributed by atoms with E-state index in [1.165, 1.54) is 23.0 Å². The summed E-state index contributed by atoms with van der Waals surface area (Å²) in [4.78, 5) is 32.6. The van der Waals surface area contributed by atoms with Crippen molar-refractivity contribution in [3.8, 4) is 11.4 Å². The normalized spacial score (nSPS) is 21.0. The van der Waals surface area contributed by atoms with Crippen molar-refractivity contribution in [3.05, 3.63) is 57.6 Å². The van der Waals surface area contributed by atoms with Gasteiger partial charge in [0, 0.05) is 17.6 Å². The van der Waals surface area contributed by atoms with Crippen LogP contribution in [0.4, 0.5) is 18.9 Å². The van der Waals surface area contributed by atoms with E-state index < -0.39 is 29.6 Å². The molecule has 3 atom stereocenters. The second kappa shape index (κ2) is 10.1. The molecule has 2 aromatic carbocycles. The number of halogens is 4. The summed E-state index contributed by atoms with van der Waals surface area (Å²) in [6.07, 6.45) is -2.63. The van der Waals surface area contributed by atoms with Gasteiger partial charge in [0.2, 0.25) is 5.91 Å². The third kappa shape index (κ3) is 5.65. The zero-order valence-electron chi connectivity index (χ0n) is 19.8. The highest BCUT2D eigenvalue weighted by Crippen LogP contribution is 2.33. The molecule has 2 aliphatic heterocycles. The van der Waals surface area contributed by atoms with Crippen molar-refractivity contribution in [2.75, 3.05) is 31.6 Å². The number of fused-ring (bicyclic) bond motifs is 3. The molecule has 0 saturated carbocycles. The fourth-order valence-electron chi connectivity index (χ4n) is 4.98. The second-order valence-corrected chi connectivity index (χ2v) is 10.3. The average Bonchev–Trinajstić information content (AvgIpc) is 2.83. The number of hydrogen-bond donors (Lipinski definition) is 1. The van der Waals surface area contributed by atoms with Gasteiger partial charge >= 0.3 is 6.36 Å². The quantitative estimate of drug-likeness (QED) is 0.483. The fraction of sp³-hybridized carbons (Fsp3) is 0.400. The van der Waals surface area contributed by atoms with Gasteiger partial charge in [-0.1, -0.05) is 15.9 Å². The number of alkyl halides is 3. The molecule has 1 aromatic heterocycles. The number of piperidine rings is 1. The Balaban J connectivity index is 1.45. The molecule has 2 aliphatic rings.